The molecule has 7 heteroatoms. The molecule has 7 nitrogen and oxygen atoms in total. The second kappa shape index (κ2) is 5.00. The Bertz CT molecular complexity index is 568. The van der Waals surface area contributed by atoms with Crippen molar-refractivity contribution in [1.29, 1.82) is 0 Å². The lowest BCUT2D eigenvalue weighted by Gasteiger charge is -2.28. The lowest BCUT2D eigenvalue weighted by Crippen LogP contribution is -2.28. The number of nitrogens with zero attached hydrogens (tertiary/aromatic N) is 3. The molecule has 0 aromatic carbocycles. The van der Waals surface area contributed by atoms with Crippen molar-refractivity contribution in [3.8, 4) is 5.88 Å². The molecule has 1 aliphatic carbocycles. The van der Waals surface area contributed by atoms with Gasteiger partial charge in [-0.15, -0.1) is 0 Å². The quantitative estimate of drug-likeness (QED) is 0.573. The predicted octanol–water partition coefficient (Wildman–Crippen LogP) is 1.60. The second-order valence-corrected chi connectivity index (χ2v) is 5.05. The summed E-state index contributed by atoms with van der Waals surface area (Å²) in [4.78, 5) is 8.47. The molecular weight excluding hydrogens is 244 g/mol. The number of hydrogen-bond donors (Lipinski definition) is 3. The van der Waals surface area contributed by atoms with E-state index in [4.69, 9.17) is 10.6 Å². The zero-order valence-corrected chi connectivity index (χ0v) is 10.9. The molecular formula is C12H18N6O. The molecule has 0 amide bonds. The van der Waals surface area contributed by atoms with Crippen molar-refractivity contribution in [2.75, 3.05) is 5.43 Å². The van der Waals surface area contributed by atoms with Gasteiger partial charge < -0.3 is 4.74 Å². The van der Waals surface area contributed by atoms with E-state index in [-0.39, 0.29) is 6.10 Å². The number of nitrogen functional groups attached to an aromatic ring is 1. The number of ether oxygens (including phenoxy) is 1. The number of aromatic nitrogens is 4. The van der Waals surface area contributed by atoms with Crippen molar-refractivity contribution in [3.05, 3.63) is 6.20 Å². The monoisotopic (exact) mass is 262 g/mol. The summed E-state index contributed by atoms with van der Waals surface area (Å²) in [5.41, 5.74) is 3.07. The molecule has 0 radical (unpaired) electrons. The van der Waals surface area contributed by atoms with E-state index in [2.05, 4.69) is 32.5 Å². The van der Waals surface area contributed by atoms with Gasteiger partial charge >= 0.3 is 0 Å². The largest absolute Gasteiger partial charge is 0.473 e. The highest BCUT2D eigenvalue weighted by atomic mass is 16.5. The number of hydrazine groups is 1. The molecule has 102 valence electrons. The first-order chi connectivity index (χ1) is 9.28. The third-order valence-corrected chi connectivity index (χ3v) is 3.70. The normalized spacial score (nSPS) is 23.5. The van der Waals surface area contributed by atoms with Crippen molar-refractivity contribution < 1.29 is 4.74 Å². The van der Waals surface area contributed by atoms with Gasteiger partial charge in [-0.3, -0.25) is 10.5 Å². The van der Waals surface area contributed by atoms with Crippen LogP contribution in [-0.4, -0.2) is 26.3 Å². The van der Waals surface area contributed by atoms with E-state index < -0.39 is 0 Å². The van der Waals surface area contributed by atoms with Crippen LogP contribution in [0.25, 0.3) is 11.0 Å². The molecule has 1 aliphatic rings. The van der Waals surface area contributed by atoms with Gasteiger partial charge in [-0.1, -0.05) is 13.3 Å². The maximum absolute atomic E-state index is 6.08. The number of anilines is 1. The van der Waals surface area contributed by atoms with Gasteiger partial charge in [0.15, 0.2) is 5.65 Å². The van der Waals surface area contributed by atoms with Gasteiger partial charge in [0.2, 0.25) is 11.8 Å². The first-order valence-electron chi connectivity index (χ1n) is 6.62. The Labute approximate surface area is 110 Å². The van der Waals surface area contributed by atoms with E-state index in [1.807, 2.05) is 0 Å². The first-order valence-corrected chi connectivity index (χ1v) is 6.62. The lowest BCUT2D eigenvalue weighted by molar-refractivity contribution is 0.0994. The topological polar surface area (TPSA) is 102 Å². The molecule has 2 aromatic rings. The molecule has 0 spiro atoms. The Kier molecular flexibility index (Phi) is 3.20. The van der Waals surface area contributed by atoms with Gasteiger partial charge in [0.05, 0.1) is 6.20 Å². The summed E-state index contributed by atoms with van der Waals surface area (Å²) >= 11 is 0. The van der Waals surface area contributed by atoms with Crippen molar-refractivity contribution in [2.24, 2.45) is 11.8 Å². The van der Waals surface area contributed by atoms with Gasteiger partial charge in [-0.05, 0) is 25.2 Å². The van der Waals surface area contributed by atoms with E-state index in [0.29, 0.717) is 23.4 Å². The van der Waals surface area contributed by atoms with Crippen LogP contribution in [-0.2, 0) is 0 Å². The smallest absolute Gasteiger partial charge is 0.242 e. The molecule has 2 atom stereocenters. The molecule has 2 heterocycles. The summed E-state index contributed by atoms with van der Waals surface area (Å²) in [7, 11) is 0. The Morgan fingerprint density at radius 3 is 3.00 bits per heavy atom. The van der Waals surface area contributed by atoms with Gasteiger partial charge in [0.25, 0.3) is 0 Å². The van der Waals surface area contributed by atoms with Crippen LogP contribution in [0.4, 0.5) is 5.95 Å². The van der Waals surface area contributed by atoms with Crippen LogP contribution in [0.5, 0.6) is 5.88 Å². The fourth-order valence-corrected chi connectivity index (χ4v) is 2.56. The standard InChI is InChI=1S/C12H18N6O/c1-7-4-2-3-5-9(7)19-11-8-6-14-18-10(8)15-12(16-11)17-13/h6-7,9H,2-5,13H2,1H3,(H2,14,15,16,17,18). The summed E-state index contributed by atoms with van der Waals surface area (Å²) in [5, 5.41) is 7.57. The van der Waals surface area contributed by atoms with Crippen LogP contribution < -0.4 is 16.0 Å². The third kappa shape index (κ3) is 2.33. The van der Waals surface area contributed by atoms with Gasteiger partial charge in [0.1, 0.15) is 11.5 Å². The minimum Gasteiger partial charge on any atom is -0.473 e. The Morgan fingerprint density at radius 2 is 2.21 bits per heavy atom. The van der Waals surface area contributed by atoms with E-state index in [0.717, 1.165) is 11.8 Å². The molecule has 1 saturated carbocycles. The van der Waals surface area contributed by atoms with Crippen LogP contribution >= 0.6 is 0 Å². The molecule has 0 aliphatic heterocycles. The number of aromatic amines is 1. The summed E-state index contributed by atoms with van der Waals surface area (Å²) < 4.78 is 6.08. The number of nitrogens with two attached hydrogens (primary N) is 1. The maximum Gasteiger partial charge on any atom is 0.242 e. The second-order valence-electron chi connectivity index (χ2n) is 5.05. The number of rotatable bonds is 3. The summed E-state index contributed by atoms with van der Waals surface area (Å²) in [6.07, 6.45) is 6.63. The van der Waals surface area contributed by atoms with Crippen LogP contribution in [0.2, 0.25) is 0 Å². The fourth-order valence-electron chi connectivity index (χ4n) is 2.56. The highest BCUT2D eigenvalue weighted by molar-refractivity contribution is 5.80. The van der Waals surface area contributed by atoms with E-state index in [9.17, 15) is 0 Å². The molecule has 1 fully saturated rings. The van der Waals surface area contributed by atoms with Crippen LogP contribution in [0.3, 0.4) is 0 Å². The zero-order chi connectivity index (χ0) is 13.2. The number of hydrogen-bond acceptors (Lipinski definition) is 6. The fraction of sp³-hybridized carbons (Fsp3) is 0.583. The molecule has 2 aromatic heterocycles. The average molecular weight is 262 g/mol. The van der Waals surface area contributed by atoms with Crippen LogP contribution in [0, 0.1) is 5.92 Å². The minimum absolute atomic E-state index is 0.201. The van der Waals surface area contributed by atoms with Crippen molar-refractivity contribution in [1.82, 2.24) is 20.2 Å². The van der Waals surface area contributed by atoms with Crippen molar-refractivity contribution in [2.45, 2.75) is 38.7 Å². The Morgan fingerprint density at radius 1 is 1.37 bits per heavy atom. The lowest BCUT2D eigenvalue weighted by atomic mass is 9.88. The van der Waals surface area contributed by atoms with Gasteiger partial charge in [-0.25, -0.2) is 5.84 Å². The molecule has 3 rings (SSSR count). The van der Waals surface area contributed by atoms with Gasteiger partial charge in [-0.2, -0.15) is 15.1 Å². The number of fused-ring (bicyclic) bond motifs is 1. The number of nitrogens with one attached hydrogen (secondary N) is 2. The average Bonchev–Trinajstić information content (AvgIpc) is 2.89. The van der Waals surface area contributed by atoms with Crippen LogP contribution in [0.15, 0.2) is 6.20 Å². The molecule has 19 heavy (non-hydrogen) atoms. The first kappa shape index (κ1) is 12.2. The van der Waals surface area contributed by atoms with Crippen molar-refractivity contribution in [3.63, 3.8) is 0 Å². The van der Waals surface area contributed by atoms with Crippen LogP contribution in [0.1, 0.15) is 32.6 Å². The molecule has 2 unspecified atom stereocenters. The van der Waals surface area contributed by atoms with Crippen molar-refractivity contribution >= 4 is 17.0 Å². The zero-order valence-electron chi connectivity index (χ0n) is 10.9. The highest BCUT2D eigenvalue weighted by Crippen LogP contribution is 2.30. The Balaban J connectivity index is 1.92. The summed E-state index contributed by atoms with van der Waals surface area (Å²) in [6, 6.07) is 0. The van der Waals surface area contributed by atoms with E-state index in [1.165, 1.54) is 19.3 Å². The molecule has 0 bridgehead atoms. The van der Waals surface area contributed by atoms with E-state index >= 15 is 0 Å². The molecule has 4 N–H and O–H groups in total. The van der Waals surface area contributed by atoms with Gasteiger partial charge in [0, 0.05) is 0 Å². The summed E-state index contributed by atoms with van der Waals surface area (Å²) in [5.74, 6) is 6.79. The SMILES string of the molecule is CC1CCCCC1Oc1nc(NN)nc2[nH]ncc12. The van der Waals surface area contributed by atoms with E-state index in [1.54, 1.807) is 6.20 Å². The Hall–Kier alpha value is -1.89. The predicted molar refractivity (Wildman–Crippen MR) is 71.5 cm³/mol. The third-order valence-electron chi connectivity index (χ3n) is 3.70. The molecule has 0 saturated heterocycles. The maximum atomic E-state index is 6.08. The summed E-state index contributed by atoms with van der Waals surface area (Å²) in [6.45, 7) is 2.22. The number of H-pyrrole nitrogens is 1. The highest BCUT2D eigenvalue weighted by Gasteiger charge is 2.24. The minimum atomic E-state index is 0.201.